The lowest BCUT2D eigenvalue weighted by Crippen LogP contribution is -2.33. The molecule has 26 heavy (non-hydrogen) atoms. The second kappa shape index (κ2) is 7.51. The number of rotatable bonds is 5. The molecule has 0 spiro atoms. The van der Waals surface area contributed by atoms with Gasteiger partial charge in [0.1, 0.15) is 0 Å². The third kappa shape index (κ3) is 3.66. The van der Waals surface area contributed by atoms with Crippen molar-refractivity contribution in [3.05, 3.63) is 47.5 Å². The SMILES string of the molecule is Cc1ccc(/C(N)=N\OC(=O)CCN2C(=O)[C@H]3CC=CC[C@H]3C2=O)cc1. The number of carbonyl (C=O) groups excluding carboxylic acids is 3. The molecule has 2 atom stereocenters. The fourth-order valence-corrected chi connectivity index (χ4v) is 3.22. The average Bonchev–Trinajstić information content (AvgIpc) is 2.89. The van der Waals surface area contributed by atoms with Crippen LogP contribution < -0.4 is 5.73 Å². The van der Waals surface area contributed by atoms with Crippen molar-refractivity contribution in [1.29, 1.82) is 0 Å². The van der Waals surface area contributed by atoms with E-state index in [0.29, 0.717) is 18.4 Å². The van der Waals surface area contributed by atoms with E-state index in [1.54, 1.807) is 12.1 Å². The van der Waals surface area contributed by atoms with Crippen LogP contribution >= 0.6 is 0 Å². The number of amidine groups is 1. The highest BCUT2D eigenvalue weighted by atomic mass is 16.7. The largest absolute Gasteiger partial charge is 0.380 e. The number of carbonyl (C=O) groups is 3. The van der Waals surface area contributed by atoms with Crippen molar-refractivity contribution in [2.24, 2.45) is 22.7 Å². The normalized spacial score (nSPS) is 22.5. The Hall–Kier alpha value is -2.96. The van der Waals surface area contributed by atoms with Gasteiger partial charge in [-0.25, -0.2) is 4.79 Å². The number of benzene rings is 1. The lowest BCUT2D eigenvalue weighted by Gasteiger charge is -2.14. The topological polar surface area (TPSA) is 102 Å². The molecule has 7 nitrogen and oxygen atoms in total. The van der Waals surface area contributed by atoms with Gasteiger partial charge in [-0.3, -0.25) is 14.5 Å². The van der Waals surface area contributed by atoms with Gasteiger partial charge in [-0.15, -0.1) is 0 Å². The highest BCUT2D eigenvalue weighted by Gasteiger charge is 2.46. The van der Waals surface area contributed by atoms with Gasteiger partial charge in [-0.1, -0.05) is 47.1 Å². The molecule has 1 saturated heterocycles. The van der Waals surface area contributed by atoms with E-state index in [1.807, 2.05) is 31.2 Å². The van der Waals surface area contributed by atoms with Crippen molar-refractivity contribution >= 4 is 23.6 Å². The van der Waals surface area contributed by atoms with Crippen LogP contribution in [0.25, 0.3) is 0 Å². The minimum atomic E-state index is -0.645. The summed E-state index contributed by atoms with van der Waals surface area (Å²) in [5, 5.41) is 3.63. The van der Waals surface area contributed by atoms with E-state index in [2.05, 4.69) is 5.16 Å². The first-order chi connectivity index (χ1) is 12.5. The summed E-state index contributed by atoms with van der Waals surface area (Å²) in [6.45, 7) is 1.95. The van der Waals surface area contributed by atoms with Gasteiger partial charge >= 0.3 is 5.97 Å². The Labute approximate surface area is 151 Å². The maximum absolute atomic E-state index is 12.3. The summed E-state index contributed by atoms with van der Waals surface area (Å²) in [5.41, 5.74) is 7.50. The summed E-state index contributed by atoms with van der Waals surface area (Å²) in [6, 6.07) is 7.30. The molecule has 0 bridgehead atoms. The summed E-state index contributed by atoms with van der Waals surface area (Å²) in [4.78, 5) is 42.5. The number of hydrogen-bond donors (Lipinski definition) is 1. The molecule has 136 valence electrons. The Morgan fingerprint density at radius 2 is 1.73 bits per heavy atom. The standard InChI is InChI=1S/C19H21N3O4/c1-12-6-8-13(9-7-12)17(20)21-26-16(23)10-11-22-18(24)14-4-2-3-5-15(14)19(22)25/h2-3,6-9,14-15H,4-5,10-11H2,1H3,(H2,20,21)/t14-,15+. The van der Waals surface area contributed by atoms with Crippen LogP contribution in [0, 0.1) is 18.8 Å². The molecule has 0 aromatic heterocycles. The molecule has 2 aliphatic rings. The zero-order chi connectivity index (χ0) is 18.7. The van der Waals surface area contributed by atoms with Gasteiger partial charge in [-0.05, 0) is 19.8 Å². The third-order valence-corrected chi connectivity index (χ3v) is 4.73. The average molecular weight is 355 g/mol. The first-order valence-corrected chi connectivity index (χ1v) is 8.58. The summed E-state index contributed by atoms with van der Waals surface area (Å²) in [6.07, 6.45) is 4.88. The fraction of sp³-hybridized carbons (Fsp3) is 0.368. The van der Waals surface area contributed by atoms with Gasteiger partial charge in [0.2, 0.25) is 11.8 Å². The van der Waals surface area contributed by atoms with Crippen molar-refractivity contribution in [3.8, 4) is 0 Å². The van der Waals surface area contributed by atoms with Crippen LogP contribution in [0.1, 0.15) is 30.4 Å². The van der Waals surface area contributed by atoms with Crippen LogP contribution in [0.5, 0.6) is 0 Å². The molecule has 0 unspecified atom stereocenters. The Balaban J connectivity index is 1.53. The molecule has 2 amide bonds. The van der Waals surface area contributed by atoms with E-state index in [0.717, 1.165) is 10.5 Å². The molecule has 1 aliphatic carbocycles. The van der Waals surface area contributed by atoms with Crippen LogP contribution in [0.2, 0.25) is 0 Å². The van der Waals surface area contributed by atoms with Crippen LogP contribution in [0.3, 0.4) is 0 Å². The van der Waals surface area contributed by atoms with Gasteiger partial charge in [0.05, 0.1) is 18.3 Å². The lowest BCUT2D eigenvalue weighted by atomic mass is 9.85. The maximum Gasteiger partial charge on any atom is 0.336 e. The zero-order valence-electron chi connectivity index (χ0n) is 14.6. The van der Waals surface area contributed by atoms with E-state index in [4.69, 9.17) is 10.6 Å². The second-order valence-corrected chi connectivity index (χ2v) is 6.54. The zero-order valence-corrected chi connectivity index (χ0v) is 14.6. The van der Waals surface area contributed by atoms with Crippen LogP contribution in [-0.4, -0.2) is 35.1 Å². The van der Waals surface area contributed by atoms with Gasteiger partial charge in [0, 0.05) is 12.1 Å². The molecule has 1 fully saturated rings. The first-order valence-electron chi connectivity index (χ1n) is 8.58. The molecule has 1 aromatic carbocycles. The molecule has 1 heterocycles. The quantitative estimate of drug-likeness (QED) is 0.215. The number of nitrogens with zero attached hydrogens (tertiary/aromatic N) is 2. The van der Waals surface area contributed by atoms with Crippen molar-refractivity contribution in [1.82, 2.24) is 4.90 Å². The summed E-state index contributed by atoms with van der Waals surface area (Å²) in [5.74, 6) is -1.56. The van der Waals surface area contributed by atoms with Crippen molar-refractivity contribution in [3.63, 3.8) is 0 Å². The van der Waals surface area contributed by atoms with Gasteiger partial charge < -0.3 is 10.6 Å². The molecular weight excluding hydrogens is 334 g/mol. The third-order valence-electron chi connectivity index (χ3n) is 4.73. The molecular formula is C19H21N3O4. The smallest absolute Gasteiger partial charge is 0.336 e. The lowest BCUT2D eigenvalue weighted by molar-refractivity contribution is -0.145. The Kier molecular flexibility index (Phi) is 5.16. The Morgan fingerprint density at radius 1 is 1.15 bits per heavy atom. The second-order valence-electron chi connectivity index (χ2n) is 6.54. The Morgan fingerprint density at radius 3 is 2.31 bits per heavy atom. The molecule has 0 radical (unpaired) electrons. The van der Waals surface area contributed by atoms with Gasteiger partial charge in [-0.2, -0.15) is 0 Å². The van der Waals surface area contributed by atoms with E-state index in [9.17, 15) is 14.4 Å². The monoisotopic (exact) mass is 355 g/mol. The number of likely N-dealkylation sites (tertiary alicyclic amines) is 1. The van der Waals surface area contributed by atoms with Crippen LogP contribution in [0.4, 0.5) is 0 Å². The van der Waals surface area contributed by atoms with E-state index < -0.39 is 5.97 Å². The van der Waals surface area contributed by atoms with E-state index in [1.165, 1.54) is 0 Å². The molecule has 1 aromatic rings. The number of imide groups is 1. The molecule has 7 heteroatoms. The van der Waals surface area contributed by atoms with E-state index in [-0.39, 0.29) is 42.5 Å². The number of oxime groups is 1. The first kappa shape index (κ1) is 17.8. The molecule has 3 rings (SSSR count). The number of allylic oxidation sites excluding steroid dienone is 2. The van der Waals surface area contributed by atoms with Crippen molar-refractivity contribution in [2.75, 3.05) is 6.54 Å². The Bertz CT molecular complexity index is 756. The van der Waals surface area contributed by atoms with Crippen molar-refractivity contribution < 1.29 is 19.2 Å². The van der Waals surface area contributed by atoms with Crippen molar-refractivity contribution in [2.45, 2.75) is 26.2 Å². The maximum atomic E-state index is 12.3. The molecule has 0 saturated carbocycles. The number of hydrogen-bond acceptors (Lipinski definition) is 5. The minimum absolute atomic E-state index is 0.00343. The van der Waals surface area contributed by atoms with Gasteiger partial charge in [0.25, 0.3) is 0 Å². The summed E-state index contributed by atoms with van der Waals surface area (Å²) >= 11 is 0. The predicted octanol–water partition coefficient (Wildman–Crippen LogP) is 1.50. The number of fused-ring (bicyclic) bond motifs is 1. The molecule has 1 aliphatic heterocycles. The van der Waals surface area contributed by atoms with Gasteiger partial charge in [0.15, 0.2) is 5.84 Å². The highest BCUT2D eigenvalue weighted by Crippen LogP contribution is 2.34. The number of aryl methyl sites for hydroxylation is 1. The number of amides is 2. The summed E-state index contributed by atoms with van der Waals surface area (Å²) in [7, 11) is 0. The van der Waals surface area contributed by atoms with E-state index >= 15 is 0 Å². The molecule has 2 N–H and O–H groups in total. The predicted molar refractivity (Wildman–Crippen MR) is 94.7 cm³/mol. The fourth-order valence-electron chi connectivity index (χ4n) is 3.22. The van der Waals surface area contributed by atoms with Crippen LogP contribution in [-0.2, 0) is 19.2 Å². The summed E-state index contributed by atoms with van der Waals surface area (Å²) < 4.78 is 0. The van der Waals surface area contributed by atoms with Crippen LogP contribution in [0.15, 0.2) is 41.6 Å². The minimum Gasteiger partial charge on any atom is -0.380 e. The highest BCUT2D eigenvalue weighted by molar-refractivity contribution is 6.05. The number of nitrogens with two attached hydrogens (primary N) is 1.